The molecule has 0 atom stereocenters. The molecule has 21 heavy (non-hydrogen) atoms. The number of carbonyl (C=O) groups excluding carboxylic acids is 1. The van der Waals surface area contributed by atoms with E-state index in [1.54, 1.807) is 6.92 Å². The van der Waals surface area contributed by atoms with Crippen LogP contribution in [0.1, 0.15) is 56.7 Å². The molecule has 0 radical (unpaired) electrons. The minimum Gasteiger partial charge on any atom is -0.390 e. The van der Waals surface area contributed by atoms with Crippen LogP contribution in [0.4, 0.5) is 0 Å². The lowest BCUT2D eigenvalue weighted by Gasteiger charge is -2.53. The lowest BCUT2D eigenvalue weighted by Crippen LogP contribution is -2.56. The number of ketones is 1. The molecule has 3 rings (SSSR count). The fourth-order valence-corrected chi connectivity index (χ4v) is 4.11. The number of hydrogen-bond donors (Lipinski definition) is 1. The lowest BCUT2D eigenvalue weighted by atomic mass is 9.59. The van der Waals surface area contributed by atoms with Crippen molar-refractivity contribution in [2.24, 2.45) is 5.41 Å². The number of carbonyl (C=O) groups is 1. The summed E-state index contributed by atoms with van der Waals surface area (Å²) in [7, 11) is 0. The Bertz CT molecular complexity index is 566. The first kappa shape index (κ1) is 14.7. The molecular weight excluding hydrogens is 266 g/mol. The van der Waals surface area contributed by atoms with Crippen molar-refractivity contribution in [1.82, 2.24) is 14.7 Å². The van der Waals surface area contributed by atoms with Crippen LogP contribution < -0.4 is 0 Å². The standard InChI is InChI=1S/C16H25N3O2/c1-11(2)18-6-13-5-14(12(3)20)17-19(13)10-16(9-18)7-15(4,21)8-16/h5,11,21H,6-10H2,1-4H3. The van der Waals surface area contributed by atoms with Gasteiger partial charge in [0.2, 0.25) is 0 Å². The number of aromatic nitrogens is 2. The SMILES string of the molecule is CC(=O)c1cc2n(n1)CC1(CN(C(C)C)C2)CC(C)(O)C1. The molecule has 2 heterocycles. The number of rotatable bonds is 2. The maximum atomic E-state index is 11.6. The van der Waals surface area contributed by atoms with Gasteiger partial charge in [0, 0.05) is 38.0 Å². The second-order valence-corrected chi connectivity index (χ2v) is 7.58. The van der Waals surface area contributed by atoms with Crippen molar-refractivity contribution >= 4 is 5.78 Å². The fraction of sp³-hybridized carbons (Fsp3) is 0.750. The van der Waals surface area contributed by atoms with E-state index >= 15 is 0 Å². The molecule has 2 aliphatic rings. The van der Waals surface area contributed by atoms with Crippen LogP contribution in [0.3, 0.4) is 0 Å². The van der Waals surface area contributed by atoms with Crippen LogP contribution in [0.2, 0.25) is 0 Å². The van der Waals surface area contributed by atoms with Crippen LogP contribution in [-0.2, 0) is 13.1 Å². The monoisotopic (exact) mass is 291 g/mol. The average Bonchev–Trinajstić information content (AvgIpc) is 2.62. The van der Waals surface area contributed by atoms with E-state index in [1.165, 1.54) is 0 Å². The molecule has 1 fully saturated rings. The second kappa shape index (κ2) is 4.65. The van der Waals surface area contributed by atoms with Gasteiger partial charge in [-0.3, -0.25) is 14.4 Å². The number of aliphatic hydroxyl groups is 1. The number of hydrogen-bond acceptors (Lipinski definition) is 4. The number of Topliss-reactive ketones (excluding diaryl/α,β-unsaturated/α-hetero) is 1. The molecule has 1 aliphatic heterocycles. The van der Waals surface area contributed by atoms with Gasteiger partial charge in [-0.05, 0) is 39.7 Å². The Kier molecular flexibility index (Phi) is 3.26. The third-order valence-corrected chi connectivity index (χ3v) is 4.85. The molecule has 5 nitrogen and oxygen atoms in total. The Labute approximate surface area is 125 Å². The molecule has 0 amide bonds. The van der Waals surface area contributed by atoms with E-state index in [0.717, 1.165) is 38.2 Å². The summed E-state index contributed by atoms with van der Waals surface area (Å²) in [5, 5.41) is 14.7. The molecule has 0 bridgehead atoms. The lowest BCUT2D eigenvalue weighted by molar-refractivity contribution is -0.133. The van der Waals surface area contributed by atoms with E-state index in [1.807, 2.05) is 17.7 Å². The van der Waals surface area contributed by atoms with E-state index in [-0.39, 0.29) is 11.2 Å². The third kappa shape index (κ3) is 2.64. The maximum absolute atomic E-state index is 11.6. The van der Waals surface area contributed by atoms with Crippen molar-refractivity contribution in [3.63, 3.8) is 0 Å². The maximum Gasteiger partial charge on any atom is 0.179 e. The zero-order valence-electron chi connectivity index (χ0n) is 13.4. The topological polar surface area (TPSA) is 58.4 Å². The van der Waals surface area contributed by atoms with Gasteiger partial charge in [-0.1, -0.05) is 0 Å². The molecule has 0 unspecified atom stereocenters. The average molecular weight is 291 g/mol. The highest BCUT2D eigenvalue weighted by molar-refractivity contribution is 5.92. The molecule has 1 spiro atoms. The predicted octanol–water partition coefficient (Wildman–Crippen LogP) is 1.84. The largest absolute Gasteiger partial charge is 0.390 e. The van der Waals surface area contributed by atoms with Crippen LogP contribution in [0, 0.1) is 5.41 Å². The van der Waals surface area contributed by atoms with Crippen LogP contribution in [0.25, 0.3) is 0 Å². The first-order valence-electron chi connectivity index (χ1n) is 7.74. The summed E-state index contributed by atoms with van der Waals surface area (Å²) in [6.07, 6.45) is 1.61. The molecule has 1 aromatic rings. The van der Waals surface area contributed by atoms with Gasteiger partial charge < -0.3 is 5.11 Å². The Morgan fingerprint density at radius 3 is 2.57 bits per heavy atom. The third-order valence-electron chi connectivity index (χ3n) is 4.85. The van der Waals surface area contributed by atoms with Crippen molar-refractivity contribution in [3.05, 3.63) is 17.5 Å². The first-order chi connectivity index (χ1) is 9.70. The predicted molar refractivity (Wildman–Crippen MR) is 80.1 cm³/mol. The van der Waals surface area contributed by atoms with Gasteiger partial charge in [0.1, 0.15) is 5.69 Å². The van der Waals surface area contributed by atoms with Crippen molar-refractivity contribution < 1.29 is 9.90 Å². The summed E-state index contributed by atoms with van der Waals surface area (Å²) < 4.78 is 1.99. The molecule has 0 aromatic carbocycles. The highest BCUT2D eigenvalue weighted by Gasteiger charge is 2.53. The summed E-state index contributed by atoms with van der Waals surface area (Å²) in [5.41, 5.74) is 1.19. The van der Waals surface area contributed by atoms with E-state index in [2.05, 4.69) is 23.8 Å². The smallest absolute Gasteiger partial charge is 0.179 e. The van der Waals surface area contributed by atoms with Crippen molar-refractivity contribution in [1.29, 1.82) is 0 Å². The highest BCUT2D eigenvalue weighted by atomic mass is 16.3. The van der Waals surface area contributed by atoms with Gasteiger partial charge in [-0.15, -0.1) is 0 Å². The van der Waals surface area contributed by atoms with Gasteiger partial charge in [0.05, 0.1) is 11.3 Å². The summed E-state index contributed by atoms with van der Waals surface area (Å²) >= 11 is 0. The van der Waals surface area contributed by atoms with Gasteiger partial charge in [-0.2, -0.15) is 5.10 Å². The van der Waals surface area contributed by atoms with Gasteiger partial charge >= 0.3 is 0 Å². The van der Waals surface area contributed by atoms with E-state index in [0.29, 0.717) is 11.7 Å². The van der Waals surface area contributed by atoms with Crippen molar-refractivity contribution in [2.75, 3.05) is 6.54 Å². The first-order valence-corrected chi connectivity index (χ1v) is 7.74. The molecule has 116 valence electrons. The fourth-order valence-electron chi connectivity index (χ4n) is 4.11. The molecule has 5 heteroatoms. The Morgan fingerprint density at radius 2 is 2.05 bits per heavy atom. The van der Waals surface area contributed by atoms with Crippen molar-refractivity contribution in [3.8, 4) is 0 Å². The van der Waals surface area contributed by atoms with Gasteiger partial charge in [-0.25, -0.2) is 0 Å². The summed E-state index contributed by atoms with van der Waals surface area (Å²) in [6.45, 7) is 10.5. The Hall–Kier alpha value is -1.20. The molecule has 1 aromatic heterocycles. The molecule has 1 N–H and O–H groups in total. The minimum absolute atomic E-state index is 0.0151. The quantitative estimate of drug-likeness (QED) is 0.845. The minimum atomic E-state index is -0.552. The van der Waals surface area contributed by atoms with Crippen molar-refractivity contribution in [2.45, 2.75) is 65.3 Å². The molecule has 1 saturated carbocycles. The Balaban J connectivity index is 1.94. The number of fused-ring (bicyclic) bond motifs is 1. The molecule has 1 aliphatic carbocycles. The second-order valence-electron chi connectivity index (χ2n) is 7.58. The van der Waals surface area contributed by atoms with E-state index in [9.17, 15) is 9.90 Å². The zero-order chi connectivity index (χ0) is 15.4. The van der Waals surface area contributed by atoms with Crippen LogP contribution in [0.5, 0.6) is 0 Å². The van der Waals surface area contributed by atoms with Crippen LogP contribution in [0.15, 0.2) is 6.07 Å². The zero-order valence-corrected chi connectivity index (χ0v) is 13.4. The summed E-state index contributed by atoms with van der Waals surface area (Å²) in [5.74, 6) is 0.0151. The van der Waals surface area contributed by atoms with Gasteiger partial charge in [0.15, 0.2) is 5.78 Å². The van der Waals surface area contributed by atoms with E-state index < -0.39 is 5.60 Å². The summed E-state index contributed by atoms with van der Waals surface area (Å²) in [6, 6.07) is 2.36. The molecular formula is C16H25N3O2. The molecule has 0 saturated heterocycles. The Morgan fingerprint density at radius 1 is 1.38 bits per heavy atom. The number of nitrogens with zero attached hydrogens (tertiary/aromatic N) is 3. The summed E-state index contributed by atoms with van der Waals surface area (Å²) in [4.78, 5) is 14.0. The normalized spacial score (nSPS) is 32.9. The van der Waals surface area contributed by atoms with Gasteiger partial charge in [0.25, 0.3) is 0 Å². The highest BCUT2D eigenvalue weighted by Crippen LogP contribution is 2.51. The van der Waals surface area contributed by atoms with E-state index in [4.69, 9.17) is 0 Å². The van der Waals surface area contributed by atoms with Crippen LogP contribution >= 0.6 is 0 Å². The van der Waals surface area contributed by atoms with Crippen LogP contribution in [-0.4, -0.2) is 43.8 Å².